The van der Waals surface area contributed by atoms with Crippen LogP contribution in [0.3, 0.4) is 0 Å². The summed E-state index contributed by atoms with van der Waals surface area (Å²) in [6, 6.07) is 8.67. The first-order valence-electron chi connectivity index (χ1n) is 7.73. The van der Waals surface area contributed by atoms with Gasteiger partial charge in [-0.05, 0) is 82.6 Å². The normalized spacial score (nSPS) is 11.2. The second kappa shape index (κ2) is 11.5. The van der Waals surface area contributed by atoms with Gasteiger partial charge in [0.25, 0.3) is 0 Å². The summed E-state index contributed by atoms with van der Waals surface area (Å²) in [5.74, 6) is 0.382. The molecule has 0 N–H and O–H groups in total. The van der Waals surface area contributed by atoms with Gasteiger partial charge in [-0.1, -0.05) is 42.8 Å². The van der Waals surface area contributed by atoms with E-state index in [9.17, 15) is 4.39 Å². The van der Waals surface area contributed by atoms with Crippen LogP contribution in [0.25, 0.3) is 11.1 Å². The van der Waals surface area contributed by atoms with Gasteiger partial charge in [0.1, 0.15) is 15.6 Å². The number of rotatable bonds is 4. The molecule has 144 valence electrons. The summed E-state index contributed by atoms with van der Waals surface area (Å²) in [6.07, 6.45) is 0.778. The van der Waals surface area contributed by atoms with E-state index >= 15 is 0 Å². The Kier molecular flexibility index (Phi) is 10.8. The first-order valence-corrected chi connectivity index (χ1v) is 16.3. The maximum absolute atomic E-state index is 14.3. The van der Waals surface area contributed by atoms with Crippen molar-refractivity contribution in [3.05, 3.63) is 47.5 Å². The highest BCUT2D eigenvalue weighted by atomic mass is 80.0. The van der Waals surface area contributed by atoms with E-state index in [0.29, 0.717) is 16.6 Å². The molecule has 8 heteroatoms. The topological polar surface area (TPSA) is 22.1 Å². The third-order valence-corrected chi connectivity index (χ3v) is 3.90. The molecule has 0 unspecified atom stereocenters. The summed E-state index contributed by atoms with van der Waals surface area (Å²) in [5.41, 5.74) is 3.30. The molecule has 0 atom stereocenters. The van der Waals surface area contributed by atoms with Crippen molar-refractivity contribution < 1.29 is 9.13 Å². The Hall–Kier alpha value is 0.450. The van der Waals surface area contributed by atoms with Crippen LogP contribution < -0.4 is 4.74 Å². The molecular weight excluding hydrogens is 616 g/mol. The van der Waals surface area contributed by atoms with Gasteiger partial charge in [-0.15, -0.1) is 0 Å². The number of hydrogen-bond acceptors (Lipinski definition) is 2. The molecule has 0 spiro atoms. The number of nitrogens with zero attached hydrogens (tertiary/aromatic N) is 1. The lowest BCUT2D eigenvalue weighted by molar-refractivity contribution is 0.406. The van der Waals surface area contributed by atoms with Gasteiger partial charge in [-0.3, -0.25) is 4.98 Å². The highest BCUT2D eigenvalue weighted by Crippen LogP contribution is 2.59. The first kappa shape index (κ1) is 24.5. The molecule has 0 aliphatic heterocycles. The van der Waals surface area contributed by atoms with Crippen LogP contribution in [-0.4, -0.2) is 12.1 Å². The zero-order valence-corrected chi connectivity index (χ0v) is 22.2. The summed E-state index contributed by atoms with van der Waals surface area (Å²) < 4.78 is 19.3. The predicted octanol–water partition coefficient (Wildman–Crippen LogP) is 8.78. The molecule has 0 saturated carbocycles. The molecule has 0 saturated heterocycles. The zero-order chi connectivity index (χ0) is 19.9. The van der Waals surface area contributed by atoms with Gasteiger partial charge in [-0.25, -0.2) is 4.39 Å². The fourth-order valence-electron chi connectivity index (χ4n) is 2.34. The second-order valence-corrected chi connectivity index (χ2v) is 22.6. The molecule has 2 aromatic rings. The van der Waals surface area contributed by atoms with Gasteiger partial charge in [0.05, 0.1) is 12.8 Å². The van der Waals surface area contributed by atoms with E-state index in [0.717, 1.165) is 23.4 Å². The highest BCUT2D eigenvalue weighted by Gasteiger charge is 2.19. The van der Waals surface area contributed by atoms with Crippen LogP contribution in [0.5, 0.6) is 5.75 Å². The van der Waals surface area contributed by atoms with Gasteiger partial charge in [0, 0.05) is 22.2 Å². The minimum atomic E-state index is -0.260. The van der Waals surface area contributed by atoms with E-state index < -0.39 is 0 Å². The maximum Gasteiger partial charge on any atom is 0.131 e. The van der Waals surface area contributed by atoms with Crippen LogP contribution in [0.15, 0.2) is 30.3 Å². The lowest BCUT2D eigenvalue weighted by Crippen LogP contribution is -2.12. The SMILES string of the molecule is BrP(Br)Br.COc1ccc(F)c(-c2ccc(CBr)nc2CC(C)(C)C)c1. The van der Waals surface area contributed by atoms with Crippen molar-refractivity contribution in [1.29, 1.82) is 0 Å². The minimum absolute atomic E-state index is 0.0715. The number of hydrogen-bond donors (Lipinski definition) is 0. The first-order chi connectivity index (χ1) is 12.1. The standard InChI is InChI=1S/C18H21BrFNO.Br3P/c1-18(2,3)10-17-14(7-5-12(11-19)21-17)15-9-13(22-4)6-8-16(15)20;1-4(2)3/h5-9H,10-11H2,1-4H3;. The Morgan fingerprint density at radius 2 is 1.69 bits per heavy atom. The van der Waals surface area contributed by atoms with Crippen LogP contribution in [0, 0.1) is 11.2 Å². The molecule has 0 radical (unpaired) electrons. The Morgan fingerprint density at radius 1 is 1.08 bits per heavy atom. The van der Waals surface area contributed by atoms with Crippen LogP contribution in [-0.2, 0) is 11.8 Å². The fourth-order valence-corrected chi connectivity index (χ4v) is 2.65. The van der Waals surface area contributed by atoms with Crippen molar-refractivity contribution in [1.82, 2.24) is 4.98 Å². The average molecular weight is 637 g/mol. The molecule has 1 aromatic carbocycles. The van der Waals surface area contributed by atoms with E-state index in [1.165, 1.54) is 6.07 Å². The smallest absolute Gasteiger partial charge is 0.131 e. The zero-order valence-electron chi connectivity index (χ0n) is 15.0. The Morgan fingerprint density at radius 3 is 2.19 bits per heavy atom. The third-order valence-electron chi connectivity index (χ3n) is 3.33. The molecule has 0 bridgehead atoms. The average Bonchev–Trinajstić information content (AvgIpc) is 2.53. The summed E-state index contributed by atoms with van der Waals surface area (Å²) in [6.45, 7) is 6.46. The molecule has 0 aliphatic rings. The van der Waals surface area contributed by atoms with E-state index in [-0.39, 0.29) is 15.3 Å². The Bertz CT molecular complexity index is 720. The van der Waals surface area contributed by atoms with Crippen LogP contribution in [0.4, 0.5) is 4.39 Å². The third kappa shape index (κ3) is 8.64. The van der Waals surface area contributed by atoms with Crippen molar-refractivity contribution in [2.45, 2.75) is 32.5 Å². The van der Waals surface area contributed by atoms with Crippen molar-refractivity contribution in [2.24, 2.45) is 5.41 Å². The van der Waals surface area contributed by atoms with Gasteiger partial charge >= 0.3 is 0 Å². The van der Waals surface area contributed by atoms with Crippen LogP contribution >= 0.6 is 66.4 Å². The number of halogens is 5. The van der Waals surface area contributed by atoms with E-state index in [4.69, 9.17) is 9.72 Å². The Balaban J connectivity index is 0.000000765. The van der Waals surface area contributed by atoms with Crippen molar-refractivity contribution in [3.63, 3.8) is 0 Å². The van der Waals surface area contributed by atoms with Crippen LogP contribution in [0.2, 0.25) is 0 Å². The van der Waals surface area contributed by atoms with Crippen LogP contribution in [0.1, 0.15) is 32.2 Å². The summed E-state index contributed by atoms with van der Waals surface area (Å²) in [5, 5.41) is 0.686. The summed E-state index contributed by atoms with van der Waals surface area (Å²) >= 11 is 12.9. The largest absolute Gasteiger partial charge is 0.497 e. The predicted molar refractivity (Wildman–Crippen MR) is 126 cm³/mol. The second-order valence-electron chi connectivity index (χ2n) is 6.71. The van der Waals surface area contributed by atoms with Gasteiger partial charge < -0.3 is 4.74 Å². The van der Waals surface area contributed by atoms with E-state index in [2.05, 4.69) is 83.2 Å². The number of ether oxygens (including phenoxy) is 1. The monoisotopic (exact) mass is 633 g/mol. The van der Waals surface area contributed by atoms with Crippen molar-refractivity contribution in [2.75, 3.05) is 7.11 Å². The number of benzene rings is 1. The number of aromatic nitrogens is 1. The van der Waals surface area contributed by atoms with Crippen molar-refractivity contribution >= 4 is 66.4 Å². The molecule has 0 amide bonds. The summed E-state index contributed by atoms with van der Waals surface area (Å²) in [4.78, 5) is 4.70. The van der Waals surface area contributed by atoms with Gasteiger partial charge in [0.15, 0.2) is 0 Å². The molecule has 1 heterocycles. The van der Waals surface area contributed by atoms with E-state index in [1.807, 2.05) is 12.1 Å². The fraction of sp³-hybridized carbons (Fsp3) is 0.389. The number of methoxy groups -OCH3 is 1. The molecule has 2 nitrogen and oxygen atoms in total. The molecule has 26 heavy (non-hydrogen) atoms. The van der Waals surface area contributed by atoms with E-state index in [1.54, 1.807) is 19.2 Å². The molecule has 0 aliphatic carbocycles. The highest BCUT2D eigenvalue weighted by molar-refractivity contribution is 9.93. The lowest BCUT2D eigenvalue weighted by Gasteiger charge is -2.20. The molecule has 2 rings (SSSR count). The lowest BCUT2D eigenvalue weighted by atomic mass is 9.87. The number of alkyl halides is 1. The Labute approximate surface area is 188 Å². The van der Waals surface area contributed by atoms with Crippen molar-refractivity contribution in [3.8, 4) is 16.9 Å². The van der Waals surface area contributed by atoms with Gasteiger partial charge in [-0.2, -0.15) is 0 Å². The number of pyridine rings is 1. The molecular formula is C18H21Br4FNOP. The summed E-state index contributed by atoms with van der Waals surface area (Å²) in [7, 11) is 1.58. The quantitative estimate of drug-likeness (QED) is 0.247. The maximum atomic E-state index is 14.3. The minimum Gasteiger partial charge on any atom is -0.497 e. The van der Waals surface area contributed by atoms with Gasteiger partial charge in [0.2, 0.25) is 0 Å². The molecule has 0 fully saturated rings. The molecule has 1 aromatic heterocycles.